The molecule has 1 atom stereocenters. The lowest BCUT2D eigenvalue weighted by Crippen LogP contribution is -2.03. The summed E-state index contributed by atoms with van der Waals surface area (Å²) in [6, 6.07) is 16.1. The zero-order chi connectivity index (χ0) is 13.8. The molecule has 0 N–H and O–H groups in total. The van der Waals surface area contributed by atoms with Crippen LogP contribution in [0.4, 0.5) is 5.69 Å². The van der Waals surface area contributed by atoms with E-state index >= 15 is 0 Å². The summed E-state index contributed by atoms with van der Waals surface area (Å²) in [7, 11) is 0. The Morgan fingerprint density at radius 3 is 2.50 bits per heavy atom. The minimum atomic E-state index is 0.286. The summed E-state index contributed by atoms with van der Waals surface area (Å²) >= 11 is 0. The second-order valence-electron chi connectivity index (χ2n) is 4.93. The molecule has 1 unspecified atom stereocenters. The van der Waals surface area contributed by atoms with Gasteiger partial charge in [0.25, 0.3) is 0 Å². The maximum atomic E-state index is 5.58. The van der Waals surface area contributed by atoms with Gasteiger partial charge in [0.2, 0.25) is 0 Å². The first-order valence-corrected chi connectivity index (χ1v) is 6.75. The first-order valence-electron chi connectivity index (χ1n) is 6.75. The molecule has 20 heavy (non-hydrogen) atoms. The molecule has 2 aromatic rings. The lowest BCUT2D eigenvalue weighted by Gasteiger charge is -2.03. The van der Waals surface area contributed by atoms with Gasteiger partial charge in [0.15, 0.2) is 0 Å². The summed E-state index contributed by atoms with van der Waals surface area (Å²) in [4.78, 5) is 4.45. The zero-order valence-corrected chi connectivity index (χ0v) is 11.5. The van der Waals surface area contributed by atoms with Crippen LogP contribution in [0.25, 0.3) is 0 Å². The SMILES string of the molecule is Cc1ccc(C=Nc2ccc(OCC3CO3)cc2)cc1. The molecule has 0 spiro atoms. The van der Waals surface area contributed by atoms with Crippen LogP contribution in [0, 0.1) is 6.92 Å². The Balaban J connectivity index is 1.60. The van der Waals surface area contributed by atoms with Gasteiger partial charge in [0.1, 0.15) is 18.5 Å². The molecule has 0 radical (unpaired) electrons. The molecule has 2 aromatic carbocycles. The smallest absolute Gasteiger partial charge is 0.119 e. The number of ether oxygens (including phenoxy) is 2. The number of aliphatic imine (C=N–C) groups is 1. The minimum Gasteiger partial charge on any atom is -0.491 e. The predicted octanol–water partition coefficient (Wildman–Crippen LogP) is 3.52. The van der Waals surface area contributed by atoms with Crippen molar-refractivity contribution < 1.29 is 9.47 Å². The highest BCUT2D eigenvalue weighted by Crippen LogP contribution is 2.19. The van der Waals surface area contributed by atoms with Crippen molar-refractivity contribution in [1.82, 2.24) is 0 Å². The Kier molecular flexibility index (Phi) is 3.79. The number of hydrogen-bond acceptors (Lipinski definition) is 3. The molecule has 0 aromatic heterocycles. The largest absolute Gasteiger partial charge is 0.491 e. The predicted molar refractivity (Wildman–Crippen MR) is 80.1 cm³/mol. The summed E-state index contributed by atoms with van der Waals surface area (Å²) in [5.41, 5.74) is 3.27. The summed E-state index contributed by atoms with van der Waals surface area (Å²) in [5.74, 6) is 0.856. The molecular weight excluding hydrogens is 250 g/mol. The Morgan fingerprint density at radius 2 is 1.85 bits per heavy atom. The average molecular weight is 267 g/mol. The molecule has 0 saturated carbocycles. The van der Waals surface area contributed by atoms with Crippen LogP contribution in [0.15, 0.2) is 53.5 Å². The zero-order valence-electron chi connectivity index (χ0n) is 11.5. The molecule has 0 aliphatic carbocycles. The maximum Gasteiger partial charge on any atom is 0.119 e. The van der Waals surface area contributed by atoms with Crippen LogP contribution < -0.4 is 4.74 Å². The van der Waals surface area contributed by atoms with Gasteiger partial charge in [0.05, 0.1) is 12.3 Å². The van der Waals surface area contributed by atoms with Crippen molar-refractivity contribution in [3.8, 4) is 5.75 Å². The van der Waals surface area contributed by atoms with Crippen molar-refractivity contribution in [2.75, 3.05) is 13.2 Å². The van der Waals surface area contributed by atoms with Gasteiger partial charge in [-0.15, -0.1) is 0 Å². The van der Waals surface area contributed by atoms with Gasteiger partial charge in [-0.2, -0.15) is 0 Å². The lowest BCUT2D eigenvalue weighted by molar-refractivity contribution is 0.263. The highest BCUT2D eigenvalue weighted by Gasteiger charge is 2.22. The molecule has 1 aliphatic rings. The van der Waals surface area contributed by atoms with Crippen molar-refractivity contribution >= 4 is 11.9 Å². The van der Waals surface area contributed by atoms with Crippen molar-refractivity contribution in [3.63, 3.8) is 0 Å². The van der Waals surface area contributed by atoms with Crippen molar-refractivity contribution in [1.29, 1.82) is 0 Å². The van der Waals surface area contributed by atoms with E-state index < -0.39 is 0 Å². The number of hydrogen-bond donors (Lipinski definition) is 0. The number of rotatable bonds is 5. The summed E-state index contributed by atoms with van der Waals surface area (Å²) in [5, 5.41) is 0. The summed E-state index contributed by atoms with van der Waals surface area (Å²) in [6.45, 7) is 3.53. The molecule has 0 amide bonds. The first-order chi connectivity index (χ1) is 9.79. The molecule has 0 bridgehead atoms. The normalized spacial score (nSPS) is 17.4. The highest BCUT2D eigenvalue weighted by atomic mass is 16.6. The van der Waals surface area contributed by atoms with E-state index in [1.165, 1.54) is 5.56 Å². The number of benzene rings is 2. The third-order valence-corrected chi connectivity index (χ3v) is 3.12. The molecule has 1 aliphatic heterocycles. The van der Waals surface area contributed by atoms with Crippen LogP contribution in [0.5, 0.6) is 5.75 Å². The number of nitrogens with zero attached hydrogens (tertiary/aromatic N) is 1. The van der Waals surface area contributed by atoms with Crippen LogP contribution in [-0.2, 0) is 4.74 Å². The van der Waals surface area contributed by atoms with Gasteiger partial charge in [-0.1, -0.05) is 29.8 Å². The van der Waals surface area contributed by atoms with Gasteiger partial charge >= 0.3 is 0 Å². The van der Waals surface area contributed by atoms with Crippen LogP contribution in [0.1, 0.15) is 11.1 Å². The van der Waals surface area contributed by atoms with E-state index in [1.807, 2.05) is 30.5 Å². The second kappa shape index (κ2) is 5.88. The van der Waals surface area contributed by atoms with E-state index in [0.29, 0.717) is 6.61 Å². The van der Waals surface area contributed by atoms with Crippen molar-refractivity contribution in [3.05, 3.63) is 59.7 Å². The summed E-state index contributed by atoms with van der Waals surface area (Å²) in [6.07, 6.45) is 2.15. The van der Waals surface area contributed by atoms with E-state index in [2.05, 4.69) is 36.2 Å². The van der Waals surface area contributed by atoms with Gasteiger partial charge in [0, 0.05) is 6.21 Å². The van der Waals surface area contributed by atoms with Gasteiger partial charge in [-0.25, -0.2) is 0 Å². The Bertz CT molecular complexity index is 583. The lowest BCUT2D eigenvalue weighted by atomic mass is 10.2. The van der Waals surface area contributed by atoms with E-state index in [0.717, 1.165) is 23.6 Å². The van der Waals surface area contributed by atoms with Gasteiger partial charge in [-0.05, 0) is 36.8 Å². The molecule has 3 rings (SSSR count). The molecule has 1 fully saturated rings. The minimum absolute atomic E-state index is 0.286. The number of aryl methyl sites for hydroxylation is 1. The monoisotopic (exact) mass is 267 g/mol. The Hall–Kier alpha value is -2.13. The standard InChI is InChI=1S/C17H17NO2/c1-13-2-4-14(5-3-13)10-18-15-6-8-16(9-7-15)19-11-17-12-20-17/h2-10,17H,11-12H2,1H3. The van der Waals surface area contributed by atoms with Gasteiger partial charge in [-0.3, -0.25) is 4.99 Å². The molecule has 3 heteroatoms. The molecule has 102 valence electrons. The number of epoxide rings is 1. The first kappa shape index (κ1) is 12.9. The van der Waals surface area contributed by atoms with E-state index in [4.69, 9.17) is 9.47 Å². The summed E-state index contributed by atoms with van der Waals surface area (Å²) < 4.78 is 10.7. The van der Waals surface area contributed by atoms with E-state index in [9.17, 15) is 0 Å². The quantitative estimate of drug-likeness (QED) is 0.613. The third kappa shape index (κ3) is 3.68. The Morgan fingerprint density at radius 1 is 1.15 bits per heavy atom. The Labute approximate surface area is 118 Å². The van der Waals surface area contributed by atoms with Gasteiger partial charge < -0.3 is 9.47 Å². The fraction of sp³-hybridized carbons (Fsp3) is 0.235. The van der Waals surface area contributed by atoms with Crippen LogP contribution >= 0.6 is 0 Å². The average Bonchev–Trinajstić information content (AvgIpc) is 3.30. The topological polar surface area (TPSA) is 34.1 Å². The molecule has 1 heterocycles. The molecule has 3 nitrogen and oxygen atoms in total. The van der Waals surface area contributed by atoms with Crippen LogP contribution in [-0.4, -0.2) is 25.5 Å². The van der Waals surface area contributed by atoms with Crippen molar-refractivity contribution in [2.45, 2.75) is 13.0 Å². The second-order valence-corrected chi connectivity index (χ2v) is 4.93. The molecule has 1 saturated heterocycles. The fourth-order valence-electron chi connectivity index (χ4n) is 1.78. The van der Waals surface area contributed by atoms with Crippen molar-refractivity contribution in [2.24, 2.45) is 4.99 Å². The third-order valence-electron chi connectivity index (χ3n) is 3.12. The van der Waals surface area contributed by atoms with Crippen LogP contribution in [0.2, 0.25) is 0 Å². The highest BCUT2D eigenvalue weighted by molar-refractivity contribution is 5.81. The fourth-order valence-corrected chi connectivity index (χ4v) is 1.78. The maximum absolute atomic E-state index is 5.58. The van der Waals surface area contributed by atoms with Crippen LogP contribution in [0.3, 0.4) is 0 Å². The molecular formula is C17H17NO2. The van der Waals surface area contributed by atoms with E-state index in [1.54, 1.807) is 0 Å². The van der Waals surface area contributed by atoms with E-state index in [-0.39, 0.29) is 6.10 Å².